The molecule has 0 bridgehead atoms. The average molecular weight is 205 g/mol. The molecule has 0 aromatic heterocycles. The molecule has 0 spiro atoms. The molecule has 0 aliphatic heterocycles. The lowest BCUT2D eigenvalue weighted by Crippen LogP contribution is -2.08. The van der Waals surface area contributed by atoms with Crippen LogP contribution in [0.15, 0.2) is 24.3 Å². The minimum Gasteiger partial charge on any atom is -0.491 e. The third-order valence-electron chi connectivity index (χ3n) is 2.37. The second kappa shape index (κ2) is 4.34. The molecular weight excluding hydrogens is 190 g/mol. The average Bonchev–Trinajstić information content (AvgIpc) is 2.99. The fourth-order valence-electron chi connectivity index (χ4n) is 1.38. The van der Waals surface area contributed by atoms with E-state index < -0.39 is 0 Å². The Bertz CT molecular complexity index is 358. The first-order valence-corrected chi connectivity index (χ1v) is 5.25. The highest BCUT2D eigenvalue weighted by atomic mass is 16.5. The van der Waals surface area contributed by atoms with Crippen molar-refractivity contribution in [1.29, 1.82) is 0 Å². The Kier molecular flexibility index (Phi) is 2.90. The molecule has 3 nitrogen and oxygen atoms in total. The molecule has 0 heterocycles. The topological polar surface area (TPSA) is 38.3 Å². The van der Waals surface area contributed by atoms with E-state index in [0.29, 0.717) is 0 Å². The SMILES string of the molecule is CC(=O)Nc1ccccc1OCC1CC1. The smallest absolute Gasteiger partial charge is 0.221 e. The molecule has 0 unspecified atom stereocenters. The van der Waals surface area contributed by atoms with Crippen LogP contribution in [-0.4, -0.2) is 12.5 Å². The van der Waals surface area contributed by atoms with Crippen molar-refractivity contribution in [3.63, 3.8) is 0 Å². The summed E-state index contributed by atoms with van der Waals surface area (Å²) < 4.78 is 5.65. The van der Waals surface area contributed by atoms with Gasteiger partial charge in [0, 0.05) is 6.92 Å². The zero-order chi connectivity index (χ0) is 10.7. The summed E-state index contributed by atoms with van der Waals surface area (Å²) in [7, 11) is 0. The Morgan fingerprint density at radius 3 is 2.87 bits per heavy atom. The summed E-state index contributed by atoms with van der Waals surface area (Å²) in [5.74, 6) is 1.41. The number of benzene rings is 1. The van der Waals surface area contributed by atoms with Crippen molar-refractivity contribution >= 4 is 11.6 Å². The Morgan fingerprint density at radius 2 is 2.20 bits per heavy atom. The van der Waals surface area contributed by atoms with Gasteiger partial charge in [-0.15, -0.1) is 0 Å². The van der Waals surface area contributed by atoms with Gasteiger partial charge in [-0.1, -0.05) is 12.1 Å². The first-order chi connectivity index (χ1) is 7.25. The molecule has 1 saturated carbocycles. The largest absolute Gasteiger partial charge is 0.491 e. The molecule has 1 aliphatic carbocycles. The number of hydrogen-bond acceptors (Lipinski definition) is 2. The van der Waals surface area contributed by atoms with E-state index in [0.717, 1.165) is 24.0 Å². The normalized spacial score (nSPS) is 14.7. The van der Waals surface area contributed by atoms with Crippen LogP contribution in [0.2, 0.25) is 0 Å². The molecule has 1 aliphatic rings. The number of ether oxygens (including phenoxy) is 1. The standard InChI is InChI=1S/C12H15NO2/c1-9(14)13-11-4-2-3-5-12(11)15-8-10-6-7-10/h2-5,10H,6-8H2,1H3,(H,13,14). The summed E-state index contributed by atoms with van der Waals surface area (Å²) in [4.78, 5) is 10.9. The number of para-hydroxylation sites is 2. The number of nitrogens with one attached hydrogen (secondary N) is 1. The van der Waals surface area contributed by atoms with Gasteiger partial charge in [0.05, 0.1) is 12.3 Å². The van der Waals surface area contributed by atoms with Crippen molar-refractivity contribution < 1.29 is 9.53 Å². The molecule has 2 rings (SSSR count). The fraction of sp³-hybridized carbons (Fsp3) is 0.417. The summed E-state index contributed by atoms with van der Waals surface area (Å²) in [5.41, 5.74) is 0.755. The van der Waals surface area contributed by atoms with E-state index in [9.17, 15) is 4.79 Å². The predicted molar refractivity (Wildman–Crippen MR) is 59.0 cm³/mol. The van der Waals surface area contributed by atoms with Crippen LogP contribution in [0, 0.1) is 5.92 Å². The Labute approximate surface area is 89.4 Å². The van der Waals surface area contributed by atoms with Crippen molar-refractivity contribution in [2.45, 2.75) is 19.8 Å². The van der Waals surface area contributed by atoms with Gasteiger partial charge < -0.3 is 10.1 Å². The maximum absolute atomic E-state index is 10.9. The fourth-order valence-corrected chi connectivity index (χ4v) is 1.38. The van der Waals surface area contributed by atoms with Gasteiger partial charge in [0.2, 0.25) is 5.91 Å². The molecule has 1 amide bonds. The number of hydrogen-bond donors (Lipinski definition) is 1. The van der Waals surface area contributed by atoms with Gasteiger partial charge in [0.15, 0.2) is 0 Å². The summed E-state index contributed by atoms with van der Waals surface area (Å²) in [5, 5.41) is 2.75. The third kappa shape index (κ3) is 2.98. The van der Waals surface area contributed by atoms with E-state index in [4.69, 9.17) is 4.74 Å². The maximum Gasteiger partial charge on any atom is 0.221 e. The summed E-state index contributed by atoms with van der Waals surface area (Å²) in [6, 6.07) is 7.53. The van der Waals surface area contributed by atoms with Crippen molar-refractivity contribution in [2.24, 2.45) is 5.92 Å². The highest BCUT2D eigenvalue weighted by Gasteiger charge is 2.22. The summed E-state index contributed by atoms with van der Waals surface area (Å²) in [6.45, 7) is 2.26. The monoisotopic (exact) mass is 205 g/mol. The number of amides is 1. The lowest BCUT2D eigenvalue weighted by Gasteiger charge is -2.10. The number of rotatable bonds is 4. The Balaban J connectivity index is 2.02. The van der Waals surface area contributed by atoms with Gasteiger partial charge in [-0.25, -0.2) is 0 Å². The van der Waals surface area contributed by atoms with E-state index in [1.54, 1.807) is 0 Å². The van der Waals surface area contributed by atoms with Gasteiger partial charge >= 0.3 is 0 Å². The third-order valence-corrected chi connectivity index (χ3v) is 2.37. The Hall–Kier alpha value is -1.51. The van der Waals surface area contributed by atoms with Gasteiger partial charge in [-0.2, -0.15) is 0 Å². The van der Waals surface area contributed by atoms with Crippen LogP contribution in [0.3, 0.4) is 0 Å². The lowest BCUT2D eigenvalue weighted by atomic mass is 10.3. The van der Waals surface area contributed by atoms with E-state index in [-0.39, 0.29) is 5.91 Å². The van der Waals surface area contributed by atoms with Crippen LogP contribution in [0.5, 0.6) is 5.75 Å². The van der Waals surface area contributed by atoms with Crippen LogP contribution in [0.25, 0.3) is 0 Å². The Morgan fingerprint density at radius 1 is 1.47 bits per heavy atom. The minimum atomic E-state index is -0.0718. The minimum absolute atomic E-state index is 0.0718. The highest BCUT2D eigenvalue weighted by molar-refractivity contribution is 5.90. The van der Waals surface area contributed by atoms with Crippen molar-refractivity contribution in [3.8, 4) is 5.75 Å². The lowest BCUT2D eigenvalue weighted by molar-refractivity contribution is -0.114. The van der Waals surface area contributed by atoms with Crippen molar-refractivity contribution in [2.75, 3.05) is 11.9 Å². The number of carbonyl (C=O) groups is 1. The maximum atomic E-state index is 10.9. The second-order valence-corrected chi connectivity index (χ2v) is 3.93. The van der Waals surface area contributed by atoms with Gasteiger partial charge in [-0.05, 0) is 30.9 Å². The zero-order valence-corrected chi connectivity index (χ0v) is 8.82. The molecule has 1 fully saturated rings. The molecular formula is C12H15NO2. The van der Waals surface area contributed by atoms with Crippen LogP contribution >= 0.6 is 0 Å². The van der Waals surface area contributed by atoms with E-state index in [2.05, 4.69) is 5.32 Å². The molecule has 3 heteroatoms. The molecule has 1 aromatic rings. The van der Waals surface area contributed by atoms with E-state index in [1.165, 1.54) is 19.8 Å². The molecule has 0 saturated heterocycles. The van der Waals surface area contributed by atoms with Crippen LogP contribution in [0.1, 0.15) is 19.8 Å². The number of anilines is 1. The summed E-state index contributed by atoms with van der Waals surface area (Å²) >= 11 is 0. The summed E-state index contributed by atoms with van der Waals surface area (Å²) in [6.07, 6.45) is 2.53. The van der Waals surface area contributed by atoms with Gasteiger partial charge in [0.25, 0.3) is 0 Å². The van der Waals surface area contributed by atoms with E-state index >= 15 is 0 Å². The first-order valence-electron chi connectivity index (χ1n) is 5.25. The first kappa shape index (κ1) is 10.0. The van der Waals surface area contributed by atoms with Crippen molar-refractivity contribution in [3.05, 3.63) is 24.3 Å². The predicted octanol–water partition coefficient (Wildman–Crippen LogP) is 2.43. The molecule has 80 valence electrons. The highest BCUT2D eigenvalue weighted by Crippen LogP contribution is 2.31. The van der Waals surface area contributed by atoms with Gasteiger partial charge in [0.1, 0.15) is 5.75 Å². The molecule has 1 aromatic carbocycles. The van der Waals surface area contributed by atoms with E-state index in [1.807, 2.05) is 24.3 Å². The van der Waals surface area contributed by atoms with Gasteiger partial charge in [-0.3, -0.25) is 4.79 Å². The second-order valence-electron chi connectivity index (χ2n) is 3.93. The molecule has 0 atom stereocenters. The molecule has 15 heavy (non-hydrogen) atoms. The van der Waals surface area contributed by atoms with Crippen molar-refractivity contribution in [1.82, 2.24) is 0 Å². The van der Waals surface area contributed by atoms with Crippen LogP contribution < -0.4 is 10.1 Å². The zero-order valence-electron chi connectivity index (χ0n) is 8.82. The quantitative estimate of drug-likeness (QED) is 0.819. The molecule has 0 radical (unpaired) electrons. The van der Waals surface area contributed by atoms with Crippen LogP contribution in [0.4, 0.5) is 5.69 Å². The number of carbonyl (C=O) groups excluding carboxylic acids is 1. The van der Waals surface area contributed by atoms with Crippen LogP contribution in [-0.2, 0) is 4.79 Å². The molecule has 1 N–H and O–H groups in total.